The maximum Gasteiger partial charge on any atom is 0.327 e. The first-order chi connectivity index (χ1) is 62.4. The van der Waals surface area contributed by atoms with Crippen molar-refractivity contribution in [1.82, 2.24) is 19.9 Å². The summed E-state index contributed by atoms with van der Waals surface area (Å²) in [7, 11) is 12.3. The highest BCUT2D eigenvalue weighted by Crippen LogP contribution is 2.38. The molecule has 9 aromatic carbocycles. The summed E-state index contributed by atoms with van der Waals surface area (Å²) in [6.07, 6.45) is 11.7. The number of nitrogens with one attached hydrogen (secondary N) is 1. The zero-order valence-corrected chi connectivity index (χ0v) is 74.2. The number of nitriles is 2. The molecule has 686 valence electrons. The van der Waals surface area contributed by atoms with Crippen molar-refractivity contribution in [3.05, 3.63) is 321 Å². The maximum absolute atomic E-state index is 14.2. The fourth-order valence-electron chi connectivity index (χ4n) is 11.7. The van der Waals surface area contributed by atoms with Gasteiger partial charge in [0.15, 0.2) is 5.92 Å². The van der Waals surface area contributed by atoms with Gasteiger partial charge in [-0.1, -0.05) is 24.3 Å². The number of nitro groups is 3. The van der Waals surface area contributed by atoms with Crippen LogP contribution in [0, 0.1) is 134 Å². The predicted molar refractivity (Wildman–Crippen MR) is 473 cm³/mol. The lowest BCUT2D eigenvalue weighted by atomic mass is 9.96. The van der Waals surface area contributed by atoms with Crippen LogP contribution >= 0.6 is 15.9 Å². The van der Waals surface area contributed by atoms with Crippen LogP contribution in [0.2, 0.25) is 0 Å². The minimum Gasteiger partial charge on any atom is -0.497 e. The van der Waals surface area contributed by atoms with Gasteiger partial charge in [0.2, 0.25) is 11.6 Å². The van der Waals surface area contributed by atoms with E-state index in [1.807, 2.05) is 6.07 Å². The van der Waals surface area contributed by atoms with E-state index in [1.54, 1.807) is 134 Å². The van der Waals surface area contributed by atoms with Gasteiger partial charge >= 0.3 is 40.9 Å². The van der Waals surface area contributed by atoms with E-state index in [9.17, 15) is 84.6 Å². The van der Waals surface area contributed by atoms with Crippen molar-refractivity contribution in [2.45, 2.75) is 58.8 Å². The zero-order valence-electron chi connectivity index (χ0n) is 72.6. The van der Waals surface area contributed by atoms with Gasteiger partial charge in [-0.3, -0.25) is 69.5 Å². The van der Waals surface area contributed by atoms with E-state index < -0.39 is 96.9 Å². The first-order valence-electron chi connectivity index (χ1n) is 38.1. The van der Waals surface area contributed by atoms with Gasteiger partial charge < -0.3 is 53.7 Å². The normalized spacial score (nSPS) is 10.7. The molecule has 3 unspecified atom stereocenters. The summed E-state index contributed by atoms with van der Waals surface area (Å²) in [5, 5.41) is 57.1. The number of ether oxygens (including phenoxy) is 9. The van der Waals surface area contributed by atoms with Crippen LogP contribution in [0.5, 0.6) is 28.7 Å². The lowest BCUT2D eigenvalue weighted by Gasteiger charge is -2.20. The average molecular weight is 1880 g/mol. The lowest BCUT2D eigenvalue weighted by Crippen LogP contribution is -2.23. The van der Waals surface area contributed by atoms with Crippen LogP contribution in [-0.4, -0.2) is 136 Å². The van der Waals surface area contributed by atoms with Gasteiger partial charge in [0.25, 0.3) is 0 Å². The number of aromatic nitrogens is 4. The molecule has 0 saturated heterocycles. The number of hydrogen-bond acceptors (Lipinski definition) is 27. The third kappa shape index (κ3) is 30.0. The fourth-order valence-corrected chi connectivity index (χ4v) is 12.1. The summed E-state index contributed by atoms with van der Waals surface area (Å²) >= 11 is 3.18. The third-order valence-corrected chi connectivity index (χ3v) is 19.2. The zero-order chi connectivity index (χ0) is 97.5. The Labute approximate surface area is 753 Å². The number of halogens is 9. The van der Waals surface area contributed by atoms with Crippen molar-refractivity contribution in [3.63, 3.8) is 0 Å². The number of fused-ring (bicyclic) bond motifs is 4. The van der Waals surface area contributed by atoms with Gasteiger partial charge in [-0.2, -0.15) is 19.3 Å². The number of aryl methyl sites for hydroxylation is 5. The van der Waals surface area contributed by atoms with Crippen LogP contribution in [0.25, 0.3) is 43.1 Å². The molecule has 0 aliphatic heterocycles. The molecule has 30 nitrogen and oxygen atoms in total. The molecule has 4 aromatic heterocycles. The van der Waals surface area contributed by atoms with E-state index in [0.29, 0.717) is 88.1 Å². The summed E-state index contributed by atoms with van der Waals surface area (Å²) in [5.41, 5.74) is 7.78. The molecule has 131 heavy (non-hydrogen) atoms. The Morgan fingerprint density at radius 2 is 0.802 bits per heavy atom. The molecule has 13 rings (SSSR count). The Bertz CT molecular complexity index is 6220. The summed E-state index contributed by atoms with van der Waals surface area (Å²) in [6.45, 7) is 8.14. The van der Waals surface area contributed by atoms with E-state index in [2.05, 4.69) is 55.4 Å². The van der Waals surface area contributed by atoms with Crippen LogP contribution in [-0.2, 0) is 38.1 Å². The largest absolute Gasteiger partial charge is 0.497 e. The number of nitro benzene ring substituents is 3. The Morgan fingerprint density at radius 3 is 1.21 bits per heavy atom. The maximum atomic E-state index is 14.2. The van der Waals surface area contributed by atoms with Gasteiger partial charge in [0.1, 0.15) is 81.7 Å². The smallest absolute Gasteiger partial charge is 0.327 e. The Morgan fingerprint density at radius 1 is 0.420 bits per heavy atom. The second-order valence-corrected chi connectivity index (χ2v) is 27.7. The van der Waals surface area contributed by atoms with E-state index in [-0.39, 0.29) is 70.2 Å². The molecule has 0 amide bonds. The van der Waals surface area contributed by atoms with Gasteiger partial charge in [-0.15, -0.1) is 0 Å². The fraction of sp³-hybridized carbons (Fsp3) is 0.217. The number of carbonyl (C=O) groups excluding carboxylic acids is 4. The molecule has 0 spiro atoms. The van der Waals surface area contributed by atoms with Gasteiger partial charge in [-0.25, -0.2) is 26.3 Å². The molecule has 3 N–H and O–H groups in total. The van der Waals surface area contributed by atoms with E-state index >= 15 is 0 Å². The number of benzene rings is 9. The van der Waals surface area contributed by atoms with E-state index in [4.69, 9.17) is 44.7 Å². The quantitative estimate of drug-likeness (QED) is 0.0250. The third-order valence-electron chi connectivity index (χ3n) is 18.5. The SMILES string of the molecule is COC(=O)C(C#N)c1cc(F)c(C)cc1OC.COC(=O)C(CN)c1cc(F)c(C)cc1OC.COC(=O)C(CNc1ccc2ccncc2c1[N+](=O)[O-])c1cc(F)c(C)cc1OC.COC(=O)CC#N.COc1cc(C)c(F)cc1Br.COc1ccc(F)c(C)c1.Fc1ccc2ccncc2c1.O=[N+]([O-])c1c(F)ccc2ccncc12.O=[N+]([O-])c1c(F)ccc2ccncc12. The first-order valence-corrected chi connectivity index (χ1v) is 38.9. The van der Waals surface area contributed by atoms with Crippen LogP contribution in [0.15, 0.2) is 200 Å². The highest BCUT2D eigenvalue weighted by molar-refractivity contribution is 9.10. The molecule has 0 radical (unpaired) electrons. The van der Waals surface area contributed by atoms with Gasteiger partial charge in [0.05, 0.1) is 117 Å². The molecule has 0 aliphatic carbocycles. The van der Waals surface area contributed by atoms with Crippen molar-refractivity contribution >= 4 is 106 Å². The molecule has 0 fully saturated rings. The van der Waals surface area contributed by atoms with E-state index in [0.717, 1.165) is 29.0 Å². The summed E-state index contributed by atoms with van der Waals surface area (Å²) < 4.78 is 149. The van der Waals surface area contributed by atoms with Crippen LogP contribution < -0.4 is 34.7 Å². The van der Waals surface area contributed by atoms with Crippen LogP contribution in [0.1, 0.15) is 68.7 Å². The minimum absolute atomic E-state index is 0.0333. The van der Waals surface area contributed by atoms with Gasteiger partial charge in [-0.05, 0) is 221 Å². The number of nitrogens with zero attached hydrogens (tertiary/aromatic N) is 9. The molecular formula is C92H86BrF8N11O19. The second-order valence-electron chi connectivity index (χ2n) is 26.8. The van der Waals surface area contributed by atoms with Crippen LogP contribution in [0.4, 0.5) is 57.9 Å². The summed E-state index contributed by atoms with van der Waals surface area (Å²) in [5.74, 6) is -6.53. The summed E-state index contributed by atoms with van der Waals surface area (Å²) in [4.78, 5) is 91.5. The topological polar surface area (TPSA) is 418 Å². The molecular weight excluding hydrogens is 1790 g/mol. The number of esters is 4. The second kappa shape index (κ2) is 52.5. The summed E-state index contributed by atoms with van der Waals surface area (Å²) in [6, 6.07) is 39.0. The number of methoxy groups -OCH3 is 9. The van der Waals surface area contributed by atoms with Crippen LogP contribution in [0.3, 0.4) is 0 Å². The number of anilines is 1. The first kappa shape index (κ1) is 106. The Kier molecular flexibility index (Phi) is 42.4. The van der Waals surface area contributed by atoms with Crippen molar-refractivity contribution in [2.75, 3.05) is 82.4 Å². The number of nitrogens with two attached hydrogens (primary N) is 1. The van der Waals surface area contributed by atoms with Crippen molar-refractivity contribution in [1.29, 1.82) is 10.5 Å². The lowest BCUT2D eigenvalue weighted by molar-refractivity contribution is -0.385. The van der Waals surface area contributed by atoms with Crippen molar-refractivity contribution < 1.29 is 112 Å². The monoisotopic (exact) mass is 1880 g/mol. The molecule has 3 atom stereocenters. The van der Waals surface area contributed by atoms with Crippen molar-refractivity contribution in [3.8, 4) is 40.9 Å². The molecule has 0 bridgehead atoms. The number of rotatable bonds is 19. The molecule has 0 saturated carbocycles. The molecule has 0 aliphatic rings. The highest BCUT2D eigenvalue weighted by Gasteiger charge is 2.31. The standard InChI is InChI=1S/C21H20FN3O5.C12H16FNO3.C12H12FNO3.2C9H5FN2O2.C9H6FN.C8H8BrFO.C8H9FO.C4H5NO2/c1-12-8-19(29-2)14(9-17(12)22)16(21(26)30-3)11-24-18-5-4-13-6-7-23-10-15(13)20(18)25(27)28;2*1-7-4-11(16-2)8(5-10(7)13)9(6-14)12(15)17-3;2*10-8-2-1-6-3-4-11-5-7(6)9(8)12(13)14;10-9-2-1-7-3-4-11-6-8(7)5-9;1-5-3-8(11-2)6(9)4-7(5)10;1-6-5-7(10-2)3-4-8(6)9;1-7-4(6)2-3-5/h4-10,16,24H,11H2,1-3H3;4-5,9H,6,14H2,1-3H3;4-5,9H,1-3H3;2*1-5H;1-6H;3-4H,1-2H3;3-5H,1-2H3;2H2,1H3. The van der Waals surface area contributed by atoms with Gasteiger partial charge in [0, 0.05) is 84.7 Å². The number of pyridine rings is 4. The minimum atomic E-state index is -1.19. The highest BCUT2D eigenvalue weighted by atomic mass is 79.9. The Hall–Kier alpha value is -15.6. The Balaban J connectivity index is 0.000000269. The number of carbonyl (C=O) groups is 4. The van der Waals surface area contributed by atoms with E-state index in [1.165, 1.54) is 147 Å². The molecule has 13 aromatic rings. The predicted octanol–water partition coefficient (Wildman–Crippen LogP) is 19.3. The van der Waals surface area contributed by atoms with Crippen molar-refractivity contribution in [2.24, 2.45) is 5.73 Å². The number of hydrogen-bond donors (Lipinski definition) is 2. The molecule has 4 heterocycles. The molecule has 39 heteroatoms. The average Bonchev–Trinajstić information content (AvgIpc) is 0.794.